The minimum absolute atomic E-state index is 0.817. The molecular weight excluding hydrogens is 176 g/mol. The molecule has 0 aliphatic carbocycles. The Hall–Kier alpha value is -1.51. The van der Waals surface area contributed by atoms with Gasteiger partial charge in [0.2, 0.25) is 0 Å². The summed E-state index contributed by atoms with van der Waals surface area (Å²) < 4.78 is 5.16. The molecule has 3 nitrogen and oxygen atoms in total. The molecule has 0 amide bonds. The lowest BCUT2D eigenvalue weighted by Gasteiger charge is -2.01. The minimum Gasteiger partial charge on any atom is -0.494 e. The van der Waals surface area contributed by atoms with Gasteiger partial charge in [-0.15, -0.1) is 0 Å². The molecular formula is C11H16N2O. The summed E-state index contributed by atoms with van der Waals surface area (Å²) in [7, 11) is 1.65. The van der Waals surface area contributed by atoms with Gasteiger partial charge in [0.05, 0.1) is 24.5 Å². The quantitative estimate of drug-likeness (QED) is 0.754. The highest BCUT2D eigenvalue weighted by molar-refractivity contribution is 5.86. The van der Waals surface area contributed by atoms with Crippen molar-refractivity contribution in [3.05, 3.63) is 24.2 Å². The van der Waals surface area contributed by atoms with Crippen LogP contribution in [0.4, 0.5) is 0 Å². The molecule has 0 fully saturated rings. The smallest absolute Gasteiger partial charge is 0.146 e. The predicted octanol–water partition coefficient (Wildman–Crippen LogP) is 2.91. The second kappa shape index (κ2) is 4.65. The molecule has 0 unspecified atom stereocenters. The average molecular weight is 192 g/mol. The Morgan fingerprint density at radius 1 is 1.36 bits per heavy atom. The zero-order chi connectivity index (χ0) is 10.6. The first-order valence-corrected chi connectivity index (χ1v) is 4.79. The number of aromatic amines is 1. The molecule has 2 aromatic heterocycles. The maximum Gasteiger partial charge on any atom is 0.146 e. The van der Waals surface area contributed by atoms with E-state index in [1.807, 2.05) is 33.0 Å². The third-order valence-corrected chi connectivity index (χ3v) is 1.97. The molecule has 1 N–H and O–H groups in total. The van der Waals surface area contributed by atoms with Gasteiger partial charge >= 0.3 is 0 Å². The van der Waals surface area contributed by atoms with Crippen LogP contribution in [0.3, 0.4) is 0 Å². The molecule has 0 aromatic carbocycles. The van der Waals surface area contributed by atoms with Crippen LogP contribution in [-0.4, -0.2) is 17.1 Å². The van der Waals surface area contributed by atoms with Gasteiger partial charge in [0.1, 0.15) is 5.75 Å². The van der Waals surface area contributed by atoms with E-state index < -0.39 is 0 Å². The largest absolute Gasteiger partial charge is 0.494 e. The lowest BCUT2D eigenvalue weighted by atomic mass is 10.2. The van der Waals surface area contributed by atoms with Gasteiger partial charge in [-0.3, -0.25) is 4.98 Å². The summed E-state index contributed by atoms with van der Waals surface area (Å²) in [5.41, 5.74) is 2.05. The second-order valence-electron chi connectivity index (χ2n) is 2.68. The van der Waals surface area contributed by atoms with E-state index in [-0.39, 0.29) is 0 Å². The topological polar surface area (TPSA) is 37.9 Å². The van der Waals surface area contributed by atoms with Crippen molar-refractivity contribution in [1.82, 2.24) is 9.97 Å². The fraction of sp³-hybridized carbons (Fsp3) is 0.364. The highest BCUT2D eigenvalue weighted by Crippen LogP contribution is 2.24. The Labute approximate surface area is 84.1 Å². The molecule has 0 radical (unpaired) electrons. The van der Waals surface area contributed by atoms with Crippen LogP contribution in [0.15, 0.2) is 18.5 Å². The van der Waals surface area contributed by atoms with Gasteiger partial charge in [-0.2, -0.15) is 0 Å². The van der Waals surface area contributed by atoms with Gasteiger partial charge in [0.25, 0.3) is 0 Å². The molecule has 2 aromatic rings. The standard InChI is InChI=1S/C9H10N2O.C2H6/c1-6-9-7(3-4-10-9)8(12-2)5-11-6;1-2/h3-5,10H,1-2H3;1-2H3. The normalized spacial score (nSPS) is 9.43. The van der Waals surface area contributed by atoms with Gasteiger partial charge in [-0.05, 0) is 13.0 Å². The van der Waals surface area contributed by atoms with Crippen LogP contribution >= 0.6 is 0 Å². The summed E-state index contributed by atoms with van der Waals surface area (Å²) in [5.74, 6) is 0.817. The van der Waals surface area contributed by atoms with Crippen molar-refractivity contribution in [2.45, 2.75) is 20.8 Å². The van der Waals surface area contributed by atoms with E-state index in [1.165, 1.54) is 0 Å². The summed E-state index contributed by atoms with van der Waals surface area (Å²) in [6, 6.07) is 1.99. The van der Waals surface area contributed by atoms with E-state index in [4.69, 9.17) is 4.74 Å². The summed E-state index contributed by atoms with van der Waals surface area (Å²) in [6.07, 6.45) is 3.63. The van der Waals surface area contributed by atoms with Crippen LogP contribution in [0, 0.1) is 6.92 Å². The van der Waals surface area contributed by atoms with Crippen molar-refractivity contribution in [1.29, 1.82) is 0 Å². The lowest BCUT2D eigenvalue weighted by molar-refractivity contribution is 0.418. The maximum atomic E-state index is 5.16. The number of ether oxygens (including phenoxy) is 1. The summed E-state index contributed by atoms with van der Waals surface area (Å²) >= 11 is 0. The number of methoxy groups -OCH3 is 1. The fourth-order valence-electron chi connectivity index (χ4n) is 1.33. The zero-order valence-electron chi connectivity index (χ0n) is 9.09. The van der Waals surface area contributed by atoms with Gasteiger partial charge < -0.3 is 9.72 Å². The van der Waals surface area contributed by atoms with Crippen LogP contribution in [-0.2, 0) is 0 Å². The molecule has 0 aliphatic heterocycles. The van der Waals surface area contributed by atoms with Crippen LogP contribution in [0.5, 0.6) is 5.75 Å². The van der Waals surface area contributed by atoms with Crippen LogP contribution < -0.4 is 4.74 Å². The SMILES string of the molecule is CC.COc1cnc(C)c2[nH]ccc12. The number of rotatable bonds is 1. The number of hydrogen-bond donors (Lipinski definition) is 1. The van der Waals surface area contributed by atoms with E-state index in [9.17, 15) is 0 Å². The van der Waals surface area contributed by atoms with Gasteiger partial charge in [-0.25, -0.2) is 0 Å². The Balaban J connectivity index is 0.000000461. The molecule has 0 saturated carbocycles. The van der Waals surface area contributed by atoms with Crippen molar-refractivity contribution >= 4 is 10.9 Å². The summed E-state index contributed by atoms with van der Waals surface area (Å²) in [6.45, 7) is 5.97. The molecule has 3 heteroatoms. The molecule has 0 spiro atoms. The molecule has 0 saturated heterocycles. The van der Waals surface area contributed by atoms with Crippen LogP contribution in [0.25, 0.3) is 10.9 Å². The van der Waals surface area contributed by atoms with E-state index in [2.05, 4.69) is 9.97 Å². The average Bonchev–Trinajstić information content (AvgIpc) is 2.71. The van der Waals surface area contributed by atoms with Crippen LogP contribution in [0.2, 0.25) is 0 Å². The number of hydrogen-bond acceptors (Lipinski definition) is 2. The maximum absolute atomic E-state index is 5.16. The molecule has 0 atom stereocenters. The first-order chi connectivity index (χ1) is 6.83. The third-order valence-electron chi connectivity index (χ3n) is 1.97. The highest BCUT2D eigenvalue weighted by atomic mass is 16.5. The molecule has 76 valence electrons. The third kappa shape index (κ3) is 1.71. The summed E-state index contributed by atoms with van der Waals surface area (Å²) in [4.78, 5) is 7.31. The first kappa shape index (κ1) is 10.6. The molecule has 0 aliphatic rings. The number of pyridine rings is 1. The minimum atomic E-state index is 0.817. The lowest BCUT2D eigenvalue weighted by Crippen LogP contribution is -1.88. The number of aryl methyl sites for hydroxylation is 1. The van der Waals surface area contributed by atoms with Crippen molar-refractivity contribution < 1.29 is 4.74 Å². The fourth-order valence-corrected chi connectivity index (χ4v) is 1.33. The Bertz CT molecular complexity index is 407. The van der Waals surface area contributed by atoms with E-state index in [0.717, 1.165) is 22.3 Å². The monoisotopic (exact) mass is 192 g/mol. The molecule has 0 bridgehead atoms. The van der Waals surface area contributed by atoms with Crippen molar-refractivity contribution in [2.75, 3.05) is 7.11 Å². The highest BCUT2D eigenvalue weighted by Gasteiger charge is 2.04. The Morgan fingerprint density at radius 3 is 2.71 bits per heavy atom. The molecule has 2 heterocycles. The van der Waals surface area contributed by atoms with E-state index in [1.54, 1.807) is 13.3 Å². The zero-order valence-corrected chi connectivity index (χ0v) is 9.09. The van der Waals surface area contributed by atoms with Crippen molar-refractivity contribution in [3.8, 4) is 5.75 Å². The molecule has 2 rings (SSSR count). The van der Waals surface area contributed by atoms with Crippen molar-refractivity contribution in [2.24, 2.45) is 0 Å². The van der Waals surface area contributed by atoms with Crippen LogP contribution in [0.1, 0.15) is 19.5 Å². The summed E-state index contributed by atoms with van der Waals surface area (Å²) in [5, 5.41) is 1.09. The molecule has 14 heavy (non-hydrogen) atoms. The number of H-pyrrole nitrogens is 1. The van der Waals surface area contributed by atoms with Gasteiger partial charge in [-0.1, -0.05) is 13.8 Å². The number of nitrogens with zero attached hydrogens (tertiary/aromatic N) is 1. The van der Waals surface area contributed by atoms with E-state index >= 15 is 0 Å². The second-order valence-corrected chi connectivity index (χ2v) is 2.68. The number of aromatic nitrogens is 2. The Morgan fingerprint density at radius 2 is 2.07 bits per heavy atom. The van der Waals surface area contributed by atoms with Gasteiger partial charge in [0, 0.05) is 11.6 Å². The number of fused-ring (bicyclic) bond motifs is 1. The van der Waals surface area contributed by atoms with E-state index in [0.29, 0.717) is 0 Å². The van der Waals surface area contributed by atoms with Crippen molar-refractivity contribution in [3.63, 3.8) is 0 Å². The first-order valence-electron chi connectivity index (χ1n) is 4.79. The Kier molecular flexibility index (Phi) is 3.51. The predicted molar refractivity (Wildman–Crippen MR) is 58.7 cm³/mol. The number of nitrogens with one attached hydrogen (secondary N) is 1. The van der Waals surface area contributed by atoms with Gasteiger partial charge in [0.15, 0.2) is 0 Å².